The van der Waals surface area contributed by atoms with E-state index in [1.807, 2.05) is 0 Å². The number of aliphatic hydroxyl groups is 2. The third-order valence-electron chi connectivity index (χ3n) is 6.21. The van der Waals surface area contributed by atoms with E-state index in [0.717, 1.165) is 18.2 Å². The Balaban J connectivity index is 1.82. The lowest BCUT2D eigenvalue weighted by atomic mass is 10.1. The molecule has 0 radical (unpaired) electrons. The lowest BCUT2D eigenvalue weighted by molar-refractivity contribution is -0.139. The first-order chi connectivity index (χ1) is 23.1. The average molecular weight is 722 g/mol. The van der Waals surface area contributed by atoms with Crippen LogP contribution in [0, 0.1) is 0 Å². The Morgan fingerprint density at radius 2 is 1.27 bits per heavy atom. The molecule has 8 N–H and O–H groups in total. The maximum Gasteiger partial charge on any atom is 0.341 e. The highest BCUT2D eigenvalue weighted by atomic mass is 32.2. The van der Waals surface area contributed by atoms with Gasteiger partial charge in [-0.2, -0.15) is 21.9 Å². The number of nitrogens with two attached hydrogens (primary N) is 1. The zero-order chi connectivity index (χ0) is 35.9. The van der Waals surface area contributed by atoms with Crippen molar-refractivity contribution in [2.24, 2.45) is 20.5 Å². The normalized spacial score (nSPS) is 12.2. The number of carboxylic acids is 1. The van der Waals surface area contributed by atoms with Gasteiger partial charge in [-0.15, -0.1) is 15.3 Å². The Hall–Kier alpha value is -5.45. The highest BCUT2D eigenvalue weighted by Crippen LogP contribution is 2.45. The van der Waals surface area contributed by atoms with Crippen molar-refractivity contribution >= 4 is 65.4 Å². The zero-order valence-electron chi connectivity index (χ0n) is 24.9. The summed E-state index contributed by atoms with van der Waals surface area (Å²) in [4.78, 5) is 8.93. The summed E-state index contributed by atoms with van der Waals surface area (Å²) in [5.74, 6) is -1.91. The monoisotopic (exact) mass is 721 g/mol. The van der Waals surface area contributed by atoms with E-state index in [1.54, 1.807) is 0 Å². The van der Waals surface area contributed by atoms with Gasteiger partial charge < -0.3 is 40.4 Å². The number of benzene rings is 4. The first-order valence-electron chi connectivity index (χ1n) is 13.6. The lowest BCUT2D eigenvalue weighted by Crippen LogP contribution is -2.09. The summed E-state index contributed by atoms with van der Waals surface area (Å²) < 4.78 is 83.6. The number of aromatic hydroxyl groups is 1. The maximum absolute atomic E-state index is 12.3. The Kier molecular flexibility index (Phi) is 11.3. The molecule has 4 aromatic rings. The standard InChI is InChI=1S/C28H27N5O14S2/c29-19-11-18-15(9-24(19)48(39,40)41)10-25(49(42,43)44)27(28(18)38)33-32-21-13-22(45-7-5-34)20(12-23(21)46-8-6-35)31-30-16-1-3-17(4-2-16)47-14-26(36)37/h1-4,9-13,34-35,38H,5-8,14,29H2,(H,36,37)(H,39,40,41)(H,42,43,44). The molecule has 0 spiro atoms. The summed E-state index contributed by atoms with van der Waals surface area (Å²) >= 11 is 0. The summed E-state index contributed by atoms with van der Waals surface area (Å²) in [5.41, 5.74) is 4.60. The van der Waals surface area contributed by atoms with Gasteiger partial charge in [-0.3, -0.25) is 9.11 Å². The first kappa shape index (κ1) is 36.4. The van der Waals surface area contributed by atoms with Crippen molar-refractivity contribution in [3.8, 4) is 23.0 Å². The molecule has 0 amide bonds. The van der Waals surface area contributed by atoms with Crippen molar-refractivity contribution in [2.45, 2.75) is 9.79 Å². The summed E-state index contributed by atoms with van der Waals surface area (Å²) in [6.07, 6.45) is 0. The van der Waals surface area contributed by atoms with Crippen molar-refractivity contribution in [1.29, 1.82) is 0 Å². The number of hydrogen-bond acceptors (Lipinski definition) is 16. The quantitative estimate of drug-likeness (QED) is 0.0523. The molecule has 0 heterocycles. The molecule has 0 atom stereocenters. The fourth-order valence-corrected chi connectivity index (χ4v) is 5.40. The summed E-state index contributed by atoms with van der Waals surface area (Å²) in [7, 11) is -9.99. The minimum absolute atomic E-state index is 0.0313. The summed E-state index contributed by atoms with van der Waals surface area (Å²) in [6, 6.07) is 10.9. The van der Waals surface area contributed by atoms with Gasteiger partial charge in [-0.1, -0.05) is 0 Å². The maximum atomic E-state index is 12.3. The molecular weight excluding hydrogens is 694 g/mol. The molecular formula is C28H27N5O14S2. The molecule has 19 nitrogen and oxygen atoms in total. The number of phenolic OH excluding ortho intramolecular Hbond substituents is 1. The van der Waals surface area contributed by atoms with Gasteiger partial charge in [0.15, 0.2) is 12.4 Å². The smallest absolute Gasteiger partial charge is 0.341 e. The Bertz CT molecular complexity index is 2160. The number of hydrogen-bond donors (Lipinski definition) is 7. The molecule has 0 aromatic heterocycles. The van der Waals surface area contributed by atoms with Crippen molar-refractivity contribution < 1.29 is 65.4 Å². The van der Waals surface area contributed by atoms with Crippen LogP contribution in [-0.2, 0) is 25.0 Å². The number of carboxylic acid groups (broad SMARTS) is 1. The van der Waals surface area contributed by atoms with Gasteiger partial charge in [0.1, 0.15) is 57.3 Å². The number of azo groups is 2. The van der Waals surface area contributed by atoms with E-state index >= 15 is 0 Å². The van der Waals surface area contributed by atoms with E-state index in [0.29, 0.717) is 5.69 Å². The largest absolute Gasteiger partial charge is 0.505 e. The molecule has 49 heavy (non-hydrogen) atoms. The number of fused-ring (bicyclic) bond motifs is 1. The molecule has 21 heteroatoms. The molecule has 0 aliphatic rings. The average Bonchev–Trinajstić information content (AvgIpc) is 3.03. The lowest BCUT2D eigenvalue weighted by Gasteiger charge is -2.13. The number of aliphatic carboxylic acids is 1. The van der Waals surface area contributed by atoms with E-state index in [1.165, 1.54) is 36.4 Å². The van der Waals surface area contributed by atoms with Crippen molar-refractivity contribution in [2.75, 3.05) is 38.8 Å². The molecule has 0 saturated heterocycles. The molecule has 0 aliphatic heterocycles. The van der Waals surface area contributed by atoms with E-state index in [-0.39, 0.29) is 52.6 Å². The highest BCUT2D eigenvalue weighted by Gasteiger charge is 2.25. The SMILES string of the molecule is Nc1cc2c(O)c(N=Nc3cc(OCCO)c(N=Nc4ccc(OCC(=O)O)cc4)cc3OCCO)c(S(=O)(=O)O)cc2cc1S(=O)(=O)O. The van der Waals surface area contributed by atoms with Crippen LogP contribution in [0.15, 0.2) is 84.8 Å². The third-order valence-corrected chi connectivity index (χ3v) is 7.98. The van der Waals surface area contributed by atoms with Crippen LogP contribution in [0.2, 0.25) is 0 Å². The van der Waals surface area contributed by atoms with E-state index < -0.39 is 72.9 Å². The van der Waals surface area contributed by atoms with E-state index in [4.69, 9.17) is 25.1 Å². The molecule has 4 rings (SSSR count). The molecule has 0 bridgehead atoms. The van der Waals surface area contributed by atoms with Crippen molar-refractivity contribution in [1.82, 2.24) is 0 Å². The molecule has 0 fully saturated rings. The minimum Gasteiger partial charge on any atom is -0.505 e. The number of ether oxygens (including phenoxy) is 3. The van der Waals surface area contributed by atoms with Crippen molar-refractivity contribution in [3.05, 3.63) is 54.6 Å². The summed E-state index contributed by atoms with van der Waals surface area (Å²) in [5, 5.41) is 54.0. The van der Waals surface area contributed by atoms with E-state index in [2.05, 4.69) is 20.5 Å². The van der Waals surface area contributed by atoms with Gasteiger partial charge in [0.25, 0.3) is 20.2 Å². The number of aliphatic hydroxyl groups excluding tert-OH is 2. The van der Waals surface area contributed by atoms with Gasteiger partial charge in [-0.25, -0.2) is 4.79 Å². The second-order valence-corrected chi connectivity index (χ2v) is 12.4. The third kappa shape index (κ3) is 9.13. The van der Waals surface area contributed by atoms with Gasteiger partial charge in [0, 0.05) is 17.5 Å². The van der Waals surface area contributed by atoms with Crippen LogP contribution in [0.3, 0.4) is 0 Å². The van der Waals surface area contributed by atoms with Gasteiger partial charge in [-0.05, 0) is 47.9 Å². The Morgan fingerprint density at radius 3 is 1.78 bits per heavy atom. The number of anilines is 1. The second-order valence-electron chi connectivity index (χ2n) is 9.64. The molecule has 0 saturated carbocycles. The Labute approximate surface area is 277 Å². The molecule has 0 unspecified atom stereocenters. The number of carbonyl (C=O) groups is 1. The van der Waals surface area contributed by atoms with E-state index in [9.17, 15) is 46.1 Å². The van der Waals surface area contributed by atoms with Gasteiger partial charge >= 0.3 is 5.97 Å². The van der Waals surface area contributed by atoms with Crippen LogP contribution in [-0.4, -0.2) is 85.4 Å². The second kappa shape index (κ2) is 15.2. The molecule has 4 aromatic carbocycles. The number of rotatable bonds is 15. The van der Waals surface area contributed by atoms with Crippen LogP contribution in [0.4, 0.5) is 28.4 Å². The van der Waals surface area contributed by atoms with Gasteiger partial charge in [0.2, 0.25) is 0 Å². The van der Waals surface area contributed by atoms with Crippen LogP contribution in [0.1, 0.15) is 0 Å². The molecule has 0 aliphatic carbocycles. The zero-order valence-corrected chi connectivity index (χ0v) is 26.5. The Morgan fingerprint density at radius 1 is 0.735 bits per heavy atom. The highest BCUT2D eigenvalue weighted by molar-refractivity contribution is 7.86. The number of nitrogens with zero attached hydrogens (tertiary/aromatic N) is 4. The van der Waals surface area contributed by atoms with Gasteiger partial charge in [0.05, 0.1) is 24.6 Å². The fraction of sp³-hybridized carbons (Fsp3) is 0.179. The predicted octanol–water partition coefficient (Wildman–Crippen LogP) is 3.66. The van der Waals surface area contributed by atoms with Crippen LogP contribution in [0.5, 0.6) is 23.0 Å². The first-order valence-corrected chi connectivity index (χ1v) is 16.5. The number of phenols is 1. The van der Waals surface area contributed by atoms with Crippen LogP contribution >= 0.6 is 0 Å². The number of nitrogen functional groups attached to an aromatic ring is 1. The fourth-order valence-electron chi connectivity index (χ4n) is 4.11. The van der Waals surface area contributed by atoms with Crippen LogP contribution in [0.25, 0.3) is 10.8 Å². The molecule has 260 valence electrons. The van der Waals surface area contributed by atoms with Crippen molar-refractivity contribution in [3.63, 3.8) is 0 Å². The summed E-state index contributed by atoms with van der Waals surface area (Å²) in [6.45, 7) is -1.90. The topological polar surface area (TPSA) is 310 Å². The van der Waals surface area contributed by atoms with Crippen LogP contribution < -0.4 is 19.9 Å². The predicted molar refractivity (Wildman–Crippen MR) is 169 cm³/mol. The minimum atomic E-state index is -5.14.